The third-order valence-electron chi connectivity index (χ3n) is 4.71. The molecule has 0 spiro atoms. The van der Waals surface area contributed by atoms with E-state index in [2.05, 4.69) is 10.9 Å². The van der Waals surface area contributed by atoms with Gasteiger partial charge in [-0.15, -0.1) is 0 Å². The Morgan fingerprint density at radius 3 is 2.71 bits per heavy atom. The number of hydrazine groups is 1. The fourth-order valence-electron chi connectivity index (χ4n) is 3.13. The van der Waals surface area contributed by atoms with Crippen LogP contribution in [-0.4, -0.2) is 37.0 Å². The molecule has 3 amide bonds. The standard InChI is InChI=1S/C22H24ClN3O5/c1-14-12-16(23)9-10-18(14)30-11-5-8-21(28)24-25-22(29)20-13-26(15(2)27)17-6-3-4-7-19(17)31-20/h3-4,6-7,9-10,12,20H,5,8,11,13H2,1-2H3,(H,24,28)(H,25,29). The van der Waals surface area contributed by atoms with Gasteiger partial charge in [0.05, 0.1) is 18.8 Å². The summed E-state index contributed by atoms with van der Waals surface area (Å²) in [5, 5.41) is 0.636. The molecule has 0 bridgehead atoms. The number of anilines is 1. The van der Waals surface area contributed by atoms with E-state index in [1.165, 1.54) is 11.8 Å². The largest absolute Gasteiger partial charge is 0.493 e. The predicted molar refractivity (Wildman–Crippen MR) is 116 cm³/mol. The van der Waals surface area contributed by atoms with Crippen molar-refractivity contribution in [2.24, 2.45) is 0 Å². The van der Waals surface area contributed by atoms with Crippen molar-refractivity contribution < 1.29 is 23.9 Å². The maximum absolute atomic E-state index is 12.4. The number of aryl methyl sites for hydroxylation is 1. The number of nitrogens with one attached hydrogen (secondary N) is 2. The Kier molecular flexibility index (Phi) is 7.36. The highest BCUT2D eigenvalue weighted by molar-refractivity contribution is 6.30. The van der Waals surface area contributed by atoms with Crippen molar-refractivity contribution in [2.75, 3.05) is 18.1 Å². The number of ether oxygens (including phenoxy) is 2. The summed E-state index contributed by atoms with van der Waals surface area (Å²) in [4.78, 5) is 37.9. The summed E-state index contributed by atoms with van der Waals surface area (Å²) in [5.41, 5.74) is 6.25. The van der Waals surface area contributed by atoms with E-state index in [1.54, 1.807) is 42.5 Å². The molecule has 1 atom stereocenters. The Balaban J connectivity index is 1.43. The summed E-state index contributed by atoms with van der Waals surface area (Å²) in [6.07, 6.45) is -0.300. The zero-order valence-corrected chi connectivity index (χ0v) is 18.1. The lowest BCUT2D eigenvalue weighted by atomic mass is 10.2. The molecule has 1 aliphatic rings. The van der Waals surface area contributed by atoms with Crippen molar-refractivity contribution >= 4 is 35.0 Å². The number of benzene rings is 2. The van der Waals surface area contributed by atoms with Crippen LogP contribution < -0.4 is 25.2 Å². The first kappa shape index (κ1) is 22.4. The quantitative estimate of drug-likeness (QED) is 0.526. The minimum atomic E-state index is -0.935. The number of carbonyl (C=O) groups is 3. The number of hydrogen-bond donors (Lipinski definition) is 2. The molecule has 2 aromatic rings. The summed E-state index contributed by atoms with van der Waals surface area (Å²) < 4.78 is 11.3. The second-order valence-corrected chi connectivity index (χ2v) is 7.54. The van der Waals surface area contributed by atoms with Gasteiger partial charge in [-0.05, 0) is 49.2 Å². The monoisotopic (exact) mass is 445 g/mol. The molecule has 1 heterocycles. The molecule has 0 aromatic heterocycles. The van der Waals surface area contributed by atoms with Gasteiger partial charge in [0.25, 0.3) is 5.91 Å². The SMILES string of the molecule is CC(=O)N1CC(C(=O)NNC(=O)CCCOc2ccc(Cl)cc2C)Oc2ccccc21. The topological polar surface area (TPSA) is 97.0 Å². The molecule has 0 radical (unpaired) electrons. The van der Waals surface area contributed by atoms with Gasteiger partial charge in [0.1, 0.15) is 11.5 Å². The molecule has 1 aliphatic heterocycles. The maximum Gasteiger partial charge on any atom is 0.281 e. The van der Waals surface area contributed by atoms with Gasteiger partial charge in [0.2, 0.25) is 11.8 Å². The van der Waals surface area contributed by atoms with Crippen LogP contribution in [0, 0.1) is 6.92 Å². The van der Waals surface area contributed by atoms with Crippen LogP contribution in [0.2, 0.25) is 5.02 Å². The van der Waals surface area contributed by atoms with Gasteiger partial charge in [0, 0.05) is 18.4 Å². The van der Waals surface area contributed by atoms with Gasteiger partial charge in [0.15, 0.2) is 6.10 Å². The van der Waals surface area contributed by atoms with Gasteiger partial charge < -0.3 is 14.4 Å². The Hall–Kier alpha value is -3.26. The van der Waals surface area contributed by atoms with Gasteiger partial charge in [-0.2, -0.15) is 0 Å². The first-order valence-corrected chi connectivity index (χ1v) is 10.2. The van der Waals surface area contributed by atoms with Crippen LogP contribution in [0.15, 0.2) is 42.5 Å². The van der Waals surface area contributed by atoms with Gasteiger partial charge >= 0.3 is 0 Å². The number of fused-ring (bicyclic) bond motifs is 1. The molecule has 0 saturated carbocycles. The molecular weight excluding hydrogens is 422 g/mol. The lowest BCUT2D eigenvalue weighted by Gasteiger charge is -2.33. The summed E-state index contributed by atoms with van der Waals surface area (Å²) >= 11 is 5.91. The van der Waals surface area contributed by atoms with Crippen LogP contribution >= 0.6 is 11.6 Å². The minimum absolute atomic E-state index is 0.0579. The predicted octanol–water partition coefficient (Wildman–Crippen LogP) is 2.77. The van der Waals surface area contributed by atoms with E-state index >= 15 is 0 Å². The number of hydrogen-bond acceptors (Lipinski definition) is 5. The van der Waals surface area contributed by atoms with E-state index < -0.39 is 12.0 Å². The van der Waals surface area contributed by atoms with Crippen molar-refractivity contribution in [3.8, 4) is 11.5 Å². The lowest BCUT2D eigenvalue weighted by Crippen LogP contribution is -2.54. The van der Waals surface area contributed by atoms with Crippen LogP contribution in [0.1, 0.15) is 25.3 Å². The molecule has 2 N–H and O–H groups in total. The van der Waals surface area contributed by atoms with Crippen LogP contribution in [-0.2, 0) is 14.4 Å². The Bertz CT molecular complexity index is 981. The Morgan fingerprint density at radius 2 is 1.97 bits per heavy atom. The first-order chi connectivity index (χ1) is 14.8. The number of carbonyl (C=O) groups excluding carboxylic acids is 3. The summed E-state index contributed by atoms with van der Waals surface area (Å²) in [6, 6.07) is 12.3. The van der Waals surface area contributed by atoms with Crippen LogP contribution in [0.3, 0.4) is 0 Å². The van der Waals surface area contributed by atoms with Crippen molar-refractivity contribution in [3.05, 3.63) is 53.1 Å². The third kappa shape index (κ3) is 5.88. The van der Waals surface area contributed by atoms with Crippen LogP contribution in [0.5, 0.6) is 11.5 Å². The normalized spacial score (nSPS) is 14.8. The maximum atomic E-state index is 12.4. The Morgan fingerprint density at radius 1 is 1.19 bits per heavy atom. The molecule has 31 heavy (non-hydrogen) atoms. The van der Waals surface area contributed by atoms with Gasteiger partial charge in [-0.1, -0.05) is 23.7 Å². The first-order valence-electron chi connectivity index (χ1n) is 9.86. The summed E-state index contributed by atoms with van der Waals surface area (Å²) in [7, 11) is 0. The molecule has 0 aliphatic carbocycles. The highest BCUT2D eigenvalue weighted by Gasteiger charge is 2.32. The van der Waals surface area contributed by atoms with E-state index in [0.717, 1.165) is 5.56 Å². The van der Waals surface area contributed by atoms with E-state index in [9.17, 15) is 14.4 Å². The molecule has 1 unspecified atom stereocenters. The number of halogens is 1. The van der Waals surface area contributed by atoms with Gasteiger partial charge in [-0.3, -0.25) is 25.2 Å². The van der Waals surface area contributed by atoms with Gasteiger partial charge in [-0.25, -0.2) is 0 Å². The third-order valence-corrected chi connectivity index (χ3v) is 4.95. The molecule has 8 nitrogen and oxygen atoms in total. The molecule has 0 saturated heterocycles. The number of nitrogens with zero attached hydrogens (tertiary/aromatic N) is 1. The fourth-order valence-corrected chi connectivity index (χ4v) is 3.36. The van der Waals surface area contributed by atoms with Crippen molar-refractivity contribution in [3.63, 3.8) is 0 Å². The van der Waals surface area contributed by atoms with Crippen molar-refractivity contribution in [1.82, 2.24) is 10.9 Å². The molecular formula is C22H24ClN3O5. The molecule has 0 fully saturated rings. The fraction of sp³-hybridized carbons (Fsp3) is 0.318. The molecule has 2 aromatic carbocycles. The lowest BCUT2D eigenvalue weighted by molar-refractivity contribution is -0.133. The van der Waals surface area contributed by atoms with E-state index in [4.69, 9.17) is 21.1 Å². The molecule has 9 heteroatoms. The average molecular weight is 446 g/mol. The van der Waals surface area contributed by atoms with E-state index in [-0.39, 0.29) is 24.8 Å². The highest BCUT2D eigenvalue weighted by atomic mass is 35.5. The smallest absolute Gasteiger partial charge is 0.281 e. The second-order valence-electron chi connectivity index (χ2n) is 7.10. The number of rotatable bonds is 6. The minimum Gasteiger partial charge on any atom is -0.493 e. The zero-order chi connectivity index (χ0) is 22.4. The number of para-hydroxylation sites is 2. The molecule has 3 rings (SSSR count). The average Bonchev–Trinajstić information content (AvgIpc) is 2.75. The van der Waals surface area contributed by atoms with Crippen molar-refractivity contribution in [1.29, 1.82) is 0 Å². The van der Waals surface area contributed by atoms with Crippen LogP contribution in [0.4, 0.5) is 5.69 Å². The zero-order valence-electron chi connectivity index (χ0n) is 17.3. The van der Waals surface area contributed by atoms with E-state index in [1.807, 2.05) is 6.92 Å². The van der Waals surface area contributed by atoms with Crippen LogP contribution in [0.25, 0.3) is 0 Å². The summed E-state index contributed by atoms with van der Waals surface area (Å²) in [6.45, 7) is 3.72. The molecule has 164 valence electrons. The van der Waals surface area contributed by atoms with E-state index in [0.29, 0.717) is 35.2 Å². The van der Waals surface area contributed by atoms with Crippen molar-refractivity contribution in [2.45, 2.75) is 32.8 Å². The highest BCUT2D eigenvalue weighted by Crippen LogP contribution is 2.33. The number of amides is 3. The summed E-state index contributed by atoms with van der Waals surface area (Å²) in [5.74, 6) is 0.0491. The Labute approximate surface area is 185 Å². The second kappa shape index (κ2) is 10.2.